The van der Waals surface area contributed by atoms with E-state index in [9.17, 15) is 8.78 Å². The summed E-state index contributed by atoms with van der Waals surface area (Å²) >= 11 is 1.61. The maximum atomic E-state index is 13.9. The van der Waals surface area contributed by atoms with Crippen LogP contribution in [0.4, 0.5) is 8.78 Å². The van der Waals surface area contributed by atoms with Gasteiger partial charge in [-0.3, -0.25) is 0 Å². The van der Waals surface area contributed by atoms with Gasteiger partial charge in [0.15, 0.2) is 0 Å². The molecule has 0 bridgehead atoms. The Morgan fingerprint density at radius 1 is 1.29 bits per heavy atom. The van der Waals surface area contributed by atoms with Crippen LogP contribution in [-0.4, -0.2) is 11.5 Å². The van der Waals surface area contributed by atoms with Crippen molar-refractivity contribution in [3.05, 3.63) is 51.0 Å². The fraction of sp³-hybridized carbons (Fsp3) is 0.438. The van der Waals surface area contributed by atoms with Crippen LogP contribution >= 0.6 is 11.3 Å². The molecule has 5 heteroatoms. The molecule has 1 atom stereocenters. The molecule has 0 saturated heterocycles. The summed E-state index contributed by atoms with van der Waals surface area (Å²) in [7, 11) is 0. The van der Waals surface area contributed by atoms with E-state index in [-0.39, 0.29) is 11.9 Å². The normalized spacial score (nSPS) is 12.6. The Labute approximate surface area is 128 Å². The Balaban J connectivity index is 2.28. The van der Waals surface area contributed by atoms with Gasteiger partial charge in [-0.1, -0.05) is 6.92 Å². The summed E-state index contributed by atoms with van der Waals surface area (Å²) in [5.74, 6) is -0.767. The molecule has 1 unspecified atom stereocenters. The van der Waals surface area contributed by atoms with Crippen LogP contribution in [0.3, 0.4) is 0 Å². The van der Waals surface area contributed by atoms with Gasteiger partial charge in [-0.2, -0.15) is 0 Å². The lowest BCUT2D eigenvalue weighted by Crippen LogP contribution is -2.24. The molecule has 1 aromatic carbocycles. The van der Waals surface area contributed by atoms with E-state index in [4.69, 9.17) is 0 Å². The van der Waals surface area contributed by atoms with Gasteiger partial charge in [0.2, 0.25) is 0 Å². The Morgan fingerprint density at radius 2 is 2.05 bits per heavy atom. The molecule has 0 spiro atoms. The molecule has 2 rings (SSSR count). The van der Waals surface area contributed by atoms with Gasteiger partial charge in [0.05, 0.1) is 10.7 Å². The van der Waals surface area contributed by atoms with E-state index in [1.807, 2.05) is 13.8 Å². The van der Waals surface area contributed by atoms with Gasteiger partial charge in [0.25, 0.3) is 0 Å². The molecule has 114 valence electrons. The zero-order valence-corrected chi connectivity index (χ0v) is 13.4. The zero-order chi connectivity index (χ0) is 15.4. The van der Waals surface area contributed by atoms with Crippen LogP contribution in [-0.2, 0) is 6.42 Å². The number of nitrogens with one attached hydrogen (secondary N) is 1. The summed E-state index contributed by atoms with van der Waals surface area (Å²) in [4.78, 5) is 5.53. The van der Waals surface area contributed by atoms with E-state index in [0.717, 1.165) is 34.6 Å². The van der Waals surface area contributed by atoms with Crippen LogP contribution in [0, 0.1) is 25.5 Å². The van der Waals surface area contributed by atoms with Crippen molar-refractivity contribution >= 4 is 11.3 Å². The molecule has 1 aromatic heterocycles. The van der Waals surface area contributed by atoms with Crippen LogP contribution in [0.15, 0.2) is 18.2 Å². The summed E-state index contributed by atoms with van der Waals surface area (Å²) in [6.45, 7) is 6.83. The highest BCUT2D eigenvalue weighted by atomic mass is 32.1. The number of aryl methyl sites for hydroxylation is 2. The largest absolute Gasteiger partial charge is 0.309 e. The molecule has 21 heavy (non-hydrogen) atoms. The average Bonchev–Trinajstić information content (AvgIpc) is 2.77. The smallest absolute Gasteiger partial charge is 0.126 e. The molecule has 0 aliphatic rings. The fourth-order valence-corrected chi connectivity index (χ4v) is 3.37. The molecule has 0 amide bonds. The van der Waals surface area contributed by atoms with Crippen LogP contribution in [0.5, 0.6) is 0 Å². The molecule has 0 saturated carbocycles. The highest BCUT2D eigenvalue weighted by molar-refractivity contribution is 7.11. The number of halogens is 2. The average molecular weight is 310 g/mol. The second kappa shape index (κ2) is 7.09. The maximum absolute atomic E-state index is 13.9. The van der Waals surface area contributed by atoms with E-state index < -0.39 is 5.82 Å². The summed E-state index contributed by atoms with van der Waals surface area (Å²) in [6, 6.07) is 3.58. The second-order valence-electron chi connectivity index (χ2n) is 5.13. The van der Waals surface area contributed by atoms with Crippen LogP contribution < -0.4 is 5.32 Å². The van der Waals surface area contributed by atoms with Crippen molar-refractivity contribution in [3.8, 4) is 0 Å². The molecular formula is C16H20F2N2S. The lowest BCUT2D eigenvalue weighted by atomic mass is 10.0. The molecule has 2 aromatic rings. The summed E-state index contributed by atoms with van der Waals surface area (Å²) in [6.07, 6.45) is 1.41. The minimum atomic E-state index is -0.405. The van der Waals surface area contributed by atoms with Crippen molar-refractivity contribution in [2.24, 2.45) is 0 Å². The predicted octanol–water partition coefficient (Wildman–Crippen LogP) is 4.32. The van der Waals surface area contributed by atoms with Gasteiger partial charge in [-0.25, -0.2) is 13.8 Å². The van der Waals surface area contributed by atoms with Gasteiger partial charge < -0.3 is 5.32 Å². The molecule has 1 N–H and O–H groups in total. The quantitative estimate of drug-likeness (QED) is 0.859. The van der Waals surface area contributed by atoms with Crippen molar-refractivity contribution in [1.82, 2.24) is 10.3 Å². The van der Waals surface area contributed by atoms with E-state index >= 15 is 0 Å². The number of benzene rings is 1. The van der Waals surface area contributed by atoms with Crippen LogP contribution in [0.1, 0.15) is 40.5 Å². The minimum absolute atomic E-state index is 0.0348. The summed E-state index contributed by atoms with van der Waals surface area (Å²) < 4.78 is 27.2. The van der Waals surface area contributed by atoms with E-state index in [0.29, 0.717) is 12.0 Å². The predicted molar refractivity (Wildman–Crippen MR) is 82.7 cm³/mol. The third-order valence-corrected chi connectivity index (χ3v) is 4.51. The first-order valence-corrected chi connectivity index (χ1v) is 7.94. The van der Waals surface area contributed by atoms with Crippen LogP contribution in [0.2, 0.25) is 0 Å². The summed E-state index contributed by atoms with van der Waals surface area (Å²) in [5, 5.41) is 4.41. The number of thiazole rings is 1. The minimum Gasteiger partial charge on any atom is -0.309 e. The van der Waals surface area contributed by atoms with Gasteiger partial charge >= 0.3 is 0 Å². The monoisotopic (exact) mass is 310 g/mol. The summed E-state index contributed by atoms with van der Waals surface area (Å²) in [5.41, 5.74) is 1.36. The van der Waals surface area contributed by atoms with Crippen molar-refractivity contribution in [2.45, 2.75) is 39.7 Å². The second-order valence-corrected chi connectivity index (χ2v) is 6.36. The Kier molecular flexibility index (Phi) is 5.42. The zero-order valence-electron chi connectivity index (χ0n) is 12.5. The molecule has 2 nitrogen and oxygen atoms in total. The van der Waals surface area contributed by atoms with Crippen molar-refractivity contribution < 1.29 is 8.78 Å². The third-order valence-electron chi connectivity index (χ3n) is 3.33. The molecule has 0 fully saturated rings. The molecule has 0 aliphatic heterocycles. The highest BCUT2D eigenvalue weighted by Crippen LogP contribution is 2.28. The number of nitrogens with zero attached hydrogens (tertiary/aromatic N) is 1. The first kappa shape index (κ1) is 16.0. The van der Waals surface area contributed by atoms with Gasteiger partial charge in [0, 0.05) is 10.9 Å². The molecule has 0 aliphatic carbocycles. The third kappa shape index (κ3) is 4.08. The highest BCUT2D eigenvalue weighted by Gasteiger charge is 2.19. The van der Waals surface area contributed by atoms with E-state index in [1.54, 1.807) is 11.3 Å². The molecule has 1 heterocycles. The SMILES string of the molecule is CCCNC(Cc1cc(F)ccc1F)c1sc(C)nc1C. The number of aromatic nitrogens is 1. The number of hydrogen-bond donors (Lipinski definition) is 1. The van der Waals surface area contributed by atoms with E-state index in [2.05, 4.69) is 17.2 Å². The van der Waals surface area contributed by atoms with Gasteiger partial charge in [-0.15, -0.1) is 11.3 Å². The fourth-order valence-electron chi connectivity index (χ4n) is 2.37. The molecular weight excluding hydrogens is 290 g/mol. The topological polar surface area (TPSA) is 24.9 Å². The van der Waals surface area contributed by atoms with Crippen molar-refractivity contribution in [3.63, 3.8) is 0 Å². The molecule has 0 radical (unpaired) electrons. The lowest BCUT2D eigenvalue weighted by Gasteiger charge is -2.18. The lowest BCUT2D eigenvalue weighted by molar-refractivity contribution is 0.512. The maximum Gasteiger partial charge on any atom is 0.126 e. The van der Waals surface area contributed by atoms with Gasteiger partial charge in [0.1, 0.15) is 11.6 Å². The Morgan fingerprint density at radius 3 is 2.67 bits per heavy atom. The van der Waals surface area contributed by atoms with E-state index in [1.165, 1.54) is 12.1 Å². The van der Waals surface area contributed by atoms with Gasteiger partial charge in [-0.05, 0) is 57.0 Å². The number of hydrogen-bond acceptors (Lipinski definition) is 3. The first-order valence-electron chi connectivity index (χ1n) is 7.12. The Hall–Kier alpha value is -1.33. The Bertz CT molecular complexity index is 610. The standard InChI is InChI=1S/C16H20F2N2S/c1-4-7-19-15(16-10(2)20-11(3)21-16)9-12-8-13(17)5-6-14(12)18/h5-6,8,15,19H,4,7,9H2,1-3H3. The van der Waals surface area contributed by atoms with Crippen molar-refractivity contribution in [1.29, 1.82) is 0 Å². The number of rotatable bonds is 6. The van der Waals surface area contributed by atoms with Crippen LogP contribution in [0.25, 0.3) is 0 Å². The van der Waals surface area contributed by atoms with Crippen molar-refractivity contribution in [2.75, 3.05) is 6.54 Å². The first-order chi connectivity index (χ1) is 10.0.